The Labute approximate surface area is 227 Å². The zero-order chi connectivity index (χ0) is 28.6. The van der Waals surface area contributed by atoms with Crippen molar-refractivity contribution < 1.29 is 31.2 Å². The van der Waals surface area contributed by atoms with Crippen molar-refractivity contribution in [1.29, 1.82) is 0 Å². The fourth-order valence-corrected chi connectivity index (χ4v) is 8.03. The van der Waals surface area contributed by atoms with Gasteiger partial charge in [0.1, 0.15) is 0 Å². The zero-order valence-corrected chi connectivity index (χ0v) is 23.0. The molecular formula is C27H27N3O7S2. The molecule has 1 aliphatic heterocycles. The van der Waals surface area contributed by atoms with Gasteiger partial charge in [0.2, 0.25) is 15.9 Å². The SMILES string of the molecule is COC(=O)C1(c2ccccc2)C(c2ccccc2)=C(S(=O)(=O)NC(C)=O)N(c2ccccc2)C1(C)S(N)(=O)=O. The zero-order valence-electron chi connectivity index (χ0n) is 21.4. The second-order valence-electron chi connectivity index (χ2n) is 9.01. The number of sulfonamides is 2. The summed E-state index contributed by atoms with van der Waals surface area (Å²) in [6.45, 7) is 2.18. The number of methoxy groups -OCH3 is 1. The Kier molecular flexibility index (Phi) is 7.15. The summed E-state index contributed by atoms with van der Waals surface area (Å²) in [6.07, 6.45) is 0. The van der Waals surface area contributed by atoms with Crippen LogP contribution >= 0.6 is 0 Å². The molecule has 2 atom stereocenters. The number of nitrogens with zero attached hydrogens (tertiary/aromatic N) is 1. The lowest BCUT2D eigenvalue weighted by Crippen LogP contribution is -2.66. The van der Waals surface area contributed by atoms with Crippen LogP contribution in [-0.2, 0) is 39.8 Å². The molecule has 0 aromatic heterocycles. The average Bonchev–Trinajstić information content (AvgIpc) is 3.17. The number of anilines is 1. The highest BCUT2D eigenvalue weighted by molar-refractivity contribution is 7.94. The number of hydrogen-bond donors (Lipinski definition) is 2. The third-order valence-electron chi connectivity index (χ3n) is 6.78. The Morgan fingerprint density at radius 2 is 1.33 bits per heavy atom. The molecule has 0 bridgehead atoms. The van der Waals surface area contributed by atoms with Gasteiger partial charge in [-0.25, -0.2) is 18.3 Å². The van der Waals surface area contributed by atoms with Crippen molar-refractivity contribution in [3.63, 3.8) is 0 Å². The maximum Gasteiger partial charge on any atom is 0.324 e. The molecule has 39 heavy (non-hydrogen) atoms. The number of hydrogen-bond acceptors (Lipinski definition) is 8. The molecule has 3 aromatic carbocycles. The normalized spacial score (nSPS) is 21.5. The summed E-state index contributed by atoms with van der Waals surface area (Å²) in [5.74, 6) is -1.99. The molecule has 12 heteroatoms. The standard InChI is InChI=1S/C27H27N3O7S2/c1-19(31)29-38(33,34)24-23(20-13-7-4-8-14-20)27(25(32)37-3,21-15-9-5-10-16-21)26(2,39(28,35)36)30(24)22-17-11-6-12-18-22/h4-18H,1-3H3,(H,29,31)(H2,28,35,36). The lowest BCUT2D eigenvalue weighted by molar-refractivity contribution is -0.146. The maximum atomic E-state index is 14.2. The minimum Gasteiger partial charge on any atom is -0.468 e. The van der Waals surface area contributed by atoms with Gasteiger partial charge in [-0.05, 0) is 30.2 Å². The van der Waals surface area contributed by atoms with Gasteiger partial charge in [0, 0.05) is 18.2 Å². The van der Waals surface area contributed by atoms with Crippen LogP contribution in [0.15, 0.2) is 96.0 Å². The summed E-state index contributed by atoms with van der Waals surface area (Å²) in [6, 6.07) is 23.6. The molecule has 0 fully saturated rings. The summed E-state index contributed by atoms with van der Waals surface area (Å²) in [4.78, 5) is 24.8. The molecule has 1 amide bonds. The van der Waals surface area contributed by atoms with E-state index in [1.807, 2.05) is 4.72 Å². The van der Waals surface area contributed by atoms with Gasteiger partial charge in [-0.3, -0.25) is 9.59 Å². The van der Waals surface area contributed by atoms with E-state index in [2.05, 4.69) is 0 Å². The Morgan fingerprint density at radius 3 is 1.79 bits per heavy atom. The number of amides is 1. The number of carbonyl (C=O) groups is 2. The third-order valence-corrected chi connectivity index (χ3v) is 9.83. The monoisotopic (exact) mass is 569 g/mol. The number of nitrogens with one attached hydrogen (secondary N) is 1. The molecule has 3 aromatic rings. The van der Waals surface area contributed by atoms with E-state index in [9.17, 15) is 26.4 Å². The molecule has 0 saturated heterocycles. The van der Waals surface area contributed by atoms with Gasteiger partial charge in [-0.1, -0.05) is 78.9 Å². The van der Waals surface area contributed by atoms with Crippen molar-refractivity contribution >= 4 is 43.2 Å². The minimum atomic E-state index is -4.87. The smallest absolute Gasteiger partial charge is 0.324 e. The van der Waals surface area contributed by atoms with Crippen molar-refractivity contribution in [1.82, 2.24) is 4.72 Å². The first-order valence-corrected chi connectivity index (χ1v) is 14.7. The predicted octanol–water partition coefficient (Wildman–Crippen LogP) is 2.46. The van der Waals surface area contributed by atoms with Crippen LogP contribution in [0.2, 0.25) is 0 Å². The predicted molar refractivity (Wildman–Crippen MR) is 147 cm³/mol. The van der Waals surface area contributed by atoms with Gasteiger partial charge in [0.05, 0.1) is 7.11 Å². The summed E-state index contributed by atoms with van der Waals surface area (Å²) in [5.41, 5.74) is -2.18. The third kappa shape index (κ3) is 4.20. The molecule has 0 aliphatic carbocycles. The molecule has 3 N–H and O–H groups in total. The van der Waals surface area contributed by atoms with Gasteiger partial charge >= 0.3 is 5.97 Å². The average molecular weight is 570 g/mol. The van der Waals surface area contributed by atoms with E-state index < -0.39 is 47.2 Å². The largest absolute Gasteiger partial charge is 0.468 e. The number of ether oxygens (including phenoxy) is 1. The molecule has 0 radical (unpaired) electrons. The Hall–Kier alpha value is -4.00. The quantitative estimate of drug-likeness (QED) is 0.412. The number of benzene rings is 3. The minimum absolute atomic E-state index is 0.0908. The number of nitrogens with two attached hydrogens (primary N) is 1. The summed E-state index contributed by atoms with van der Waals surface area (Å²) < 4.78 is 63.0. The topological polar surface area (TPSA) is 153 Å². The molecule has 0 spiro atoms. The van der Waals surface area contributed by atoms with Crippen LogP contribution in [0.1, 0.15) is 25.0 Å². The van der Waals surface area contributed by atoms with Crippen molar-refractivity contribution in [2.24, 2.45) is 5.14 Å². The highest BCUT2D eigenvalue weighted by atomic mass is 32.2. The van der Waals surface area contributed by atoms with Gasteiger partial charge in [-0.2, -0.15) is 8.42 Å². The fraction of sp³-hybridized carbons (Fsp3) is 0.185. The van der Waals surface area contributed by atoms with Crippen LogP contribution in [0.25, 0.3) is 5.57 Å². The first-order chi connectivity index (χ1) is 18.3. The van der Waals surface area contributed by atoms with Crippen LogP contribution in [0.3, 0.4) is 0 Å². The lowest BCUT2D eigenvalue weighted by atomic mass is 9.68. The van der Waals surface area contributed by atoms with Crippen LogP contribution in [0.4, 0.5) is 5.69 Å². The van der Waals surface area contributed by atoms with Crippen molar-refractivity contribution in [3.8, 4) is 0 Å². The first-order valence-electron chi connectivity index (χ1n) is 11.7. The number of para-hydroxylation sites is 1. The molecular weight excluding hydrogens is 542 g/mol. The molecule has 4 rings (SSSR count). The van der Waals surface area contributed by atoms with Crippen molar-refractivity contribution in [2.45, 2.75) is 24.1 Å². The molecule has 10 nitrogen and oxygen atoms in total. The molecule has 1 aliphatic rings. The van der Waals surface area contributed by atoms with Crippen LogP contribution in [-0.4, -0.2) is 40.7 Å². The summed E-state index contributed by atoms with van der Waals surface area (Å²) in [7, 11) is -8.62. The number of carbonyl (C=O) groups excluding carboxylic acids is 2. The van der Waals surface area contributed by atoms with Gasteiger partial charge in [0.15, 0.2) is 15.3 Å². The number of primary sulfonamides is 1. The second-order valence-corrected chi connectivity index (χ2v) is 12.5. The van der Waals surface area contributed by atoms with Gasteiger partial charge in [0.25, 0.3) is 10.0 Å². The Bertz CT molecular complexity index is 1660. The second kappa shape index (κ2) is 9.95. The first kappa shape index (κ1) is 28.0. The lowest BCUT2D eigenvalue weighted by Gasteiger charge is -2.46. The van der Waals surface area contributed by atoms with Crippen LogP contribution in [0, 0.1) is 0 Å². The fourth-order valence-electron chi connectivity index (χ4n) is 5.25. The van der Waals surface area contributed by atoms with E-state index >= 15 is 0 Å². The highest BCUT2D eigenvalue weighted by Gasteiger charge is 2.74. The van der Waals surface area contributed by atoms with Crippen LogP contribution < -0.4 is 14.8 Å². The summed E-state index contributed by atoms with van der Waals surface area (Å²) >= 11 is 0. The van der Waals surface area contributed by atoms with E-state index in [4.69, 9.17) is 9.88 Å². The number of rotatable bonds is 7. The van der Waals surface area contributed by atoms with E-state index in [1.54, 1.807) is 54.6 Å². The Morgan fingerprint density at radius 1 is 0.846 bits per heavy atom. The number of esters is 1. The van der Waals surface area contributed by atoms with Gasteiger partial charge in [-0.15, -0.1) is 0 Å². The highest BCUT2D eigenvalue weighted by Crippen LogP contribution is 2.61. The Balaban J connectivity index is 2.40. The molecule has 2 unspecified atom stereocenters. The van der Waals surface area contributed by atoms with E-state index in [1.165, 1.54) is 43.3 Å². The van der Waals surface area contributed by atoms with Crippen LogP contribution in [0.5, 0.6) is 0 Å². The molecule has 1 heterocycles. The van der Waals surface area contributed by atoms with E-state index in [0.717, 1.165) is 18.9 Å². The molecule has 204 valence electrons. The molecule has 0 saturated carbocycles. The van der Waals surface area contributed by atoms with Gasteiger partial charge < -0.3 is 9.64 Å². The van der Waals surface area contributed by atoms with E-state index in [0.29, 0.717) is 0 Å². The maximum absolute atomic E-state index is 14.2. The summed E-state index contributed by atoms with van der Waals surface area (Å²) in [5, 5.41) is 5.33. The van der Waals surface area contributed by atoms with Crippen molar-refractivity contribution in [2.75, 3.05) is 12.0 Å². The van der Waals surface area contributed by atoms with Crippen molar-refractivity contribution in [3.05, 3.63) is 107 Å². The van der Waals surface area contributed by atoms with E-state index in [-0.39, 0.29) is 22.4 Å².